The Hall–Kier alpha value is -2.77. The number of aromatic hydroxyl groups is 2. The first-order chi connectivity index (χ1) is 13.8. The van der Waals surface area contributed by atoms with Crippen LogP contribution in [0.25, 0.3) is 0 Å². The van der Waals surface area contributed by atoms with Crippen LogP contribution in [0.15, 0.2) is 24.3 Å². The van der Waals surface area contributed by atoms with E-state index in [4.69, 9.17) is 0 Å². The van der Waals surface area contributed by atoms with Crippen LogP contribution in [-0.4, -0.2) is 49.3 Å². The number of aliphatic hydroxyl groups is 2. The van der Waals surface area contributed by atoms with Crippen LogP contribution in [0.1, 0.15) is 39.8 Å². The Morgan fingerprint density at radius 2 is 1.14 bits per heavy atom. The van der Waals surface area contributed by atoms with E-state index in [0.29, 0.717) is 35.3 Å². The minimum Gasteiger partial charge on any atom is -0.507 e. The number of phenols is 2. The number of urea groups is 1. The van der Waals surface area contributed by atoms with Gasteiger partial charge < -0.3 is 30.2 Å². The average molecular weight is 400 g/mol. The minimum atomic E-state index is -0.263. The second-order valence-corrected chi connectivity index (χ2v) is 7.66. The molecule has 2 aromatic carbocycles. The summed E-state index contributed by atoms with van der Waals surface area (Å²) in [6, 6.07) is 6.92. The van der Waals surface area contributed by atoms with Crippen molar-refractivity contribution in [2.45, 2.75) is 46.6 Å². The maximum absolute atomic E-state index is 13.0. The lowest BCUT2D eigenvalue weighted by Crippen LogP contribution is -2.48. The zero-order valence-electron chi connectivity index (χ0n) is 16.9. The maximum atomic E-state index is 13.0. The summed E-state index contributed by atoms with van der Waals surface area (Å²) in [5.41, 5.74) is 3.91. The molecule has 3 rings (SSSR count). The van der Waals surface area contributed by atoms with Crippen LogP contribution in [0.5, 0.6) is 11.5 Å². The molecule has 0 bridgehead atoms. The van der Waals surface area contributed by atoms with Gasteiger partial charge in [0.25, 0.3) is 0 Å². The molecular weight excluding hydrogens is 372 g/mol. The molecule has 0 radical (unpaired) electrons. The summed E-state index contributed by atoms with van der Waals surface area (Å²) < 4.78 is 0. The van der Waals surface area contributed by atoms with E-state index >= 15 is 0 Å². The van der Waals surface area contributed by atoms with Crippen LogP contribution in [0, 0.1) is 13.8 Å². The number of aryl methyl sites for hydroxylation is 2. The van der Waals surface area contributed by atoms with Crippen molar-refractivity contribution in [3.05, 3.63) is 57.6 Å². The summed E-state index contributed by atoms with van der Waals surface area (Å²) >= 11 is 0. The molecule has 1 saturated heterocycles. The molecule has 1 aliphatic rings. The fourth-order valence-corrected chi connectivity index (χ4v) is 3.90. The van der Waals surface area contributed by atoms with Crippen molar-refractivity contribution in [2.24, 2.45) is 0 Å². The van der Waals surface area contributed by atoms with Gasteiger partial charge in [-0.05, 0) is 20.3 Å². The van der Waals surface area contributed by atoms with Gasteiger partial charge >= 0.3 is 6.03 Å². The molecule has 29 heavy (non-hydrogen) atoms. The van der Waals surface area contributed by atoms with E-state index < -0.39 is 0 Å². The van der Waals surface area contributed by atoms with Gasteiger partial charge in [0.2, 0.25) is 0 Å². The molecule has 2 amide bonds. The Kier molecular flexibility index (Phi) is 6.30. The van der Waals surface area contributed by atoms with Gasteiger partial charge in [-0.15, -0.1) is 0 Å². The summed E-state index contributed by atoms with van der Waals surface area (Å²) in [4.78, 5) is 16.4. The quantitative estimate of drug-likeness (QED) is 0.597. The van der Waals surface area contributed by atoms with Crippen LogP contribution in [0.2, 0.25) is 0 Å². The molecule has 7 heteroatoms. The van der Waals surface area contributed by atoms with Crippen molar-refractivity contribution in [3.8, 4) is 11.5 Å². The first-order valence-corrected chi connectivity index (χ1v) is 9.72. The van der Waals surface area contributed by atoms with Gasteiger partial charge in [-0.2, -0.15) is 0 Å². The van der Waals surface area contributed by atoms with Crippen molar-refractivity contribution in [1.29, 1.82) is 0 Å². The predicted molar refractivity (Wildman–Crippen MR) is 108 cm³/mol. The predicted octanol–water partition coefficient (Wildman–Crippen LogP) is 2.53. The fourth-order valence-electron chi connectivity index (χ4n) is 3.90. The summed E-state index contributed by atoms with van der Waals surface area (Å²) in [6.45, 7) is 4.87. The van der Waals surface area contributed by atoms with Gasteiger partial charge in [-0.3, -0.25) is 0 Å². The van der Waals surface area contributed by atoms with Crippen LogP contribution in [0.4, 0.5) is 4.79 Å². The molecule has 7 nitrogen and oxygen atoms in total. The third-order valence-corrected chi connectivity index (χ3v) is 5.28. The number of aliphatic hydroxyl groups excluding tert-OH is 2. The highest BCUT2D eigenvalue weighted by atomic mass is 16.3. The number of amides is 2. The van der Waals surface area contributed by atoms with E-state index in [1.54, 1.807) is 21.9 Å². The summed E-state index contributed by atoms with van der Waals surface area (Å²) in [7, 11) is 0. The molecule has 2 aromatic rings. The maximum Gasteiger partial charge on any atom is 0.320 e. The van der Waals surface area contributed by atoms with E-state index in [1.165, 1.54) is 0 Å². The highest BCUT2D eigenvalue weighted by Crippen LogP contribution is 2.29. The van der Waals surface area contributed by atoms with E-state index in [0.717, 1.165) is 17.5 Å². The number of benzene rings is 2. The number of rotatable bonds is 6. The SMILES string of the molecule is Cc1cc(CO)c(O)c(CN2CCCN(Cc3cc(C)cc(CO)c3O)C2=O)c1. The molecule has 4 N–H and O–H groups in total. The number of hydrogen-bond acceptors (Lipinski definition) is 5. The standard InChI is InChI=1S/C22H28N2O5/c1-14-6-16(20(27)18(8-14)12-25)10-23-4-3-5-24(22(23)29)11-17-7-15(2)9-19(13-26)21(17)28/h6-9,25-28H,3-5,10-13H2,1-2H3. The lowest BCUT2D eigenvalue weighted by atomic mass is 10.0. The van der Waals surface area contributed by atoms with Crippen LogP contribution in [-0.2, 0) is 26.3 Å². The van der Waals surface area contributed by atoms with Gasteiger partial charge in [0.1, 0.15) is 11.5 Å². The van der Waals surface area contributed by atoms with Crippen molar-refractivity contribution < 1.29 is 25.2 Å². The third kappa shape index (κ3) is 4.46. The Labute approximate surface area is 170 Å². The van der Waals surface area contributed by atoms with Gasteiger partial charge in [0.15, 0.2) is 0 Å². The van der Waals surface area contributed by atoms with Crippen molar-refractivity contribution in [3.63, 3.8) is 0 Å². The first kappa shape index (κ1) is 21.0. The average Bonchev–Trinajstić information content (AvgIpc) is 2.69. The zero-order valence-corrected chi connectivity index (χ0v) is 16.9. The molecule has 1 heterocycles. The third-order valence-electron chi connectivity index (χ3n) is 5.28. The number of carbonyl (C=O) groups excluding carboxylic acids is 1. The second kappa shape index (κ2) is 8.71. The molecule has 1 aliphatic heterocycles. The lowest BCUT2D eigenvalue weighted by Gasteiger charge is -2.36. The van der Waals surface area contributed by atoms with E-state index in [9.17, 15) is 25.2 Å². The molecule has 1 fully saturated rings. The smallest absolute Gasteiger partial charge is 0.320 e. The number of hydrogen-bond donors (Lipinski definition) is 4. The van der Waals surface area contributed by atoms with Gasteiger partial charge in [0.05, 0.1) is 26.3 Å². The van der Waals surface area contributed by atoms with E-state index in [-0.39, 0.29) is 43.8 Å². The monoisotopic (exact) mass is 400 g/mol. The highest BCUT2D eigenvalue weighted by Gasteiger charge is 2.27. The molecule has 0 aromatic heterocycles. The Morgan fingerprint density at radius 3 is 1.52 bits per heavy atom. The Balaban J connectivity index is 1.80. The summed E-state index contributed by atoms with van der Waals surface area (Å²) in [5, 5.41) is 39.6. The number of nitrogens with zero attached hydrogens (tertiary/aromatic N) is 2. The molecule has 0 aliphatic carbocycles. The Bertz CT molecular complexity index is 841. The van der Waals surface area contributed by atoms with Crippen LogP contribution in [0.3, 0.4) is 0 Å². The minimum absolute atomic E-state index is 0.0203. The Morgan fingerprint density at radius 1 is 0.759 bits per heavy atom. The van der Waals surface area contributed by atoms with E-state index in [1.807, 2.05) is 26.0 Å². The van der Waals surface area contributed by atoms with Gasteiger partial charge in [-0.25, -0.2) is 4.79 Å². The number of carbonyl (C=O) groups is 1. The van der Waals surface area contributed by atoms with E-state index in [2.05, 4.69) is 0 Å². The first-order valence-electron chi connectivity index (χ1n) is 9.72. The lowest BCUT2D eigenvalue weighted by molar-refractivity contribution is 0.122. The molecule has 0 unspecified atom stereocenters. The highest BCUT2D eigenvalue weighted by molar-refractivity contribution is 5.75. The van der Waals surface area contributed by atoms with Crippen molar-refractivity contribution in [1.82, 2.24) is 9.80 Å². The largest absolute Gasteiger partial charge is 0.507 e. The van der Waals surface area contributed by atoms with Crippen molar-refractivity contribution in [2.75, 3.05) is 13.1 Å². The molecule has 0 atom stereocenters. The zero-order chi connectivity index (χ0) is 21.1. The van der Waals surface area contributed by atoms with Crippen molar-refractivity contribution >= 4 is 6.03 Å². The van der Waals surface area contributed by atoms with Crippen LogP contribution < -0.4 is 0 Å². The molecule has 0 saturated carbocycles. The van der Waals surface area contributed by atoms with Gasteiger partial charge in [0, 0.05) is 35.3 Å². The second-order valence-electron chi connectivity index (χ2n) is 7.66. The van der Waals surface area contributed by atoms with Gasteiger partial charge in [-0.1, -0.05) is 35.4 Å². The van der Waals surface area contributed by atoms with Crippen LogP contribution >= 0.6 is 0 Å². The molecule has 156 valence electrons. The molecule has 0 spiro atoms. The normalized spacial score (nSPS) is 14.6. The summed E-state index contributed by atoms with van der Waals surface area (Å²) in [5.74, 6) is 0.0406. The fraction of sp³-hybridized carbons (Fsp3) is 0.409. The molecular formula is C22H28N2O5. The topological polar surface area (TPSA) is 104 Å². The summed E-state index contributed by atoms with van der Waals surface area (Å²) in [6.07, 6.45) is 0.768.